The number of carbonyl (C=O) groups excluding carboxylic acids is 2. The Morgan fingerprint density at radius 1 is 1.17 bits per heavy atom. The van der Waals surface area contributed by atoms with Crippen LogP contribution >= 0.6 is 23.4 Å². The molecule has 0 bridgehead atoms. The minimum atomic E-state index is -4.05. The number of carbonyl (C=O) groups is 2. The normalized spacial score (nSPS) is 12.2. The predicted molar refractivity (Wildman–Crippen MR) is 119 cm³/mol. The van der Waals surface area contributed by atoms with Gasteiger partial charge in [-0.25, -0.2) is 8.42 Å². The van der Waals surface area contributed by atoms with E-state index >= 15 is 0 Å². The molecule has 0 aliphatic rings. The molecular weight excluding hydrogens is 448 g/mol. The lowest BCUT2D eigenvalue weighted by Gasteiger charge is -2.17. The summed E-state index contributed by atoms with van der Waals surface area (Å²) in [5.74, 6) is -0.161. The van der Waals surface area contributed by atoms with Gasteiger partial charge in [-0.05, 0) is 30.7 Å². The predicted octanol–water partition coefficient (Wildman–Crippen LogP) is 3.44. The highest BCUT2D eigenvalue weighted by molar-refractivity contribution is 7.98. The quantitative estimate of drug-likeness (QED) is 0.516. The molecule has 2 rings (SSSR count). The molecule has 1 atom stereocenters. The number of esters is 1. The summed E-state index contributed by atoms with van der Waals surface area (Å²) in [4.78, 5) is 23.4. The minimum Gasteiger partial charge on any atom is -0.465 e. The molecular formula is C20H23ClN2O5S2. The van der Waals surface area contributed by atoms with Gasteiger partial charge in [-0.2, -0.15) is 16.5 Å². The third-order valence-electron chi connectivity index (χ3n) is 3.83. The second kappa shape index (κ2) is 11.4. The largest absolute Gasteiger partial charge is 0.465 e. The summed E-state index contributed by atoms with van der Waals surface area (Å²) >= 11 is 7.49. The van der Waals surface area contributed by atoms with Gasteiger partial charge in [-0.15, -0.1) is 0 Å². The van der Waals surface area contributed by atoms with Gasteiger partial charge in [0.1, 0.15) is 6.04 Å². The SMILES string of the molecule is CCOC(=O)[C@H](CSCc1ccccc1)NS(=O)(=O)c1ccc(NC(C)=O)c(Cl)c1. The molecule has 10 heteroatoms. The Hall–Kier alpha value is -2.07. The van der Waals surface area contributed by atoms with Crippen molar-refractivity contribution in [1.29, 1.82) is 0 Å². The lowest BCUT2D eigenvalue weighted by molar-refractivity contribution is -0.144. The van der Waals surface area contributed by atoms with E-state index in [-0.39, 0.29) is 28.2 Å². The standard InChI is InChI=1S/C20H23ClN2O5S2/c1-3-28-20(25)19(13-29-12-15-7-5-4-6-8-15)23-30(26,27)16-9-10-18(17(21)11-16)22-14(2)24/h4-11,19,23H,3,12-13H2,1-2H3,(H,22,24)/t19-/m0/s1. The molecule has 162 valence electrons. The summed E-state index contributed by atoms with van der Waals surface area (Å²) in [6.07, 6.45) is 0. The Kier molecular flexibility index (Phi) is 9.16. The Morgan fingerprint density at radius 3 is 2.47 bits per heavy atom. The highest BCUT2D eigenvalue weighted by atomic mass is 35.5. The fraction of sp³-hybridized carbons (Fsp3) is 0.300. The van der Waals surface area contributed by atoms with E-state index in [0.29, 0.717) is 11.4 Å². The zero-order valence-corrected chi connectivity index (χ0v) is 18.9. The summed E-state index contributed by atoms with van der Waals surface area (Å²) in [6.45, 7) is 3.11. The lowest BCUT2D eigenvalue weighted by Crippen LogP contribution is -2.43. The molecule has 2 aromatic rings. The number of nitrogens with one attached hydrogen (secondary N) is 2. The first-order valence-corrected chi connectivity index (χ1v) is 12.1. The van der Waals surface area contributed by atoms with Crippen LogP contribution in [-0.2, 0) is 30.1 Å². The number of benzene rings is 2. The molecule has 0 radical (unpaired) electrons. The maximum atomic E-state index is 12.8. The summed E-state index contributed by atoms with van der Waals surface area (Å²) in [5, 5.41) is 2.58. The molecule has 7 nitrogen and oxygen atoms in total. The second-order valence-electron chi connectivity index (χ2n) is 6.25. The van der Waals surface area contributed by atoms with E-state index in [2.05, 4.69) is 10.0 Å². The van der Waals surface area contributed by atoms with Gasteiger partial charge in [0.25, 0.3) is 0 Å². The molecule has 0 saturated carbocycles. The molecule has 0 fully saturated rings. The van der Waals surface area contributed by atoms with Crippen molar-refractivity contribution in [2.24, 2.45) is 0 Å². The van der Waals surface area contributed by atoms with E-state index in [9.17, 15) is 18.0 Å². The van der Waals surface area contributed by atoms with E-state index in [1.54, 1.807) is 6.92 Å². The van der Waals surface area contributed by atoms with Gasteiger partial charge < -0.3 is 10.1 Å². The molecule has 0 aromatic heterocycles. The van der Waals surface area contributed by atoms with E-state index in [1.165, 1.54) is 36.9 Å². The number of anilines is 1. The summed E-state index contributed by atoms with van der Waals surface area (Å²) < 4.78 is 33.0. The molecule has 2 N–H and O–H groups in total. The number of halogens is 1. The van der Waals surface area contributed by atoms with Crippen LogP contribution in [0, 0.1) is 0 Å². The first-order chi connectivity index (χ1) is 14.2. The second-order valence-corrected chi connectivity index (χ2v) is 9.40. The fourth-order valence-corrected chi connectivity index (χ4v) is 5.08. The fourth-order valence-electron chi connectivity index (χ4n) is 2.47. The van der Waals surface area contributed by atoms with Crippen LogP contribution in [0.5, 0.6) is 0 Å². The first-order valence-electron chi connectivity index (χ1n) is 9.10. The van der Waals surface area contributed by atoms with Crippen molar-refractivity contribution in [3.8, 4) is 0 Å². The maximum Gasteiger partial charge on any atom is 0.325 e. The monoisotopic (exact) mass is 470 g/mol. The average Bonchev–Trinajstić information content (AvgIpc) is 2.69. The summed E-state index contributed by atoms with van der Waals surface area (Å²) in [6, 6.07) is 12.5. The van der Waals surface area contributed by atoms with Crippen molar-refractivity contribution in [1.82, 2.24) is 4.72 Å². The maximum absolute atomic E-state index is 12.8. The average molecular weight is 471 g/mol. The number of ether oxygens (including phenoxy) is 1. The minimum absolute atomic E-state index is 0.0687. The molecule has 0 aliphatic heterocycles. The van der Waals surface area contributed by atoms with Crippen LogP contribution < -0.4 is 10.0 Å². The van der Waals surface area contributed by atoms with Crippen molar-refractivity contribution in [3.05, 3.63) is 59.1 Å². The van der Waals surface area contributed by atoms with Gasteiger partial charge in [-0.3, -0.25) is 9.59 Å². The van der Waals surface area contributed by atoms with Crippen molar-refractivity contribution in [3.63, 3.8) is 0 Å². The van der Waals surface area contributed by atoms with E-state index in [4.69, 9.17) is 16.3 Å². The van der Waals surface area contributed by atoms with Gasteiger partial charge in [0.2, 0.25) is 15.9 Å². The molecule has 0 saturated heterocycles. The molecule has 2 aromatic carbocycles. The van der Waals surface area contributed by atoms with E-state index in [0.717, 1.165) is 5.56 Å². The van der Waals surface area contributed by atoms with Crippen LogP contribution in [0.4, 0.5) is 5.69 Å². The third-order valence-corrected chi connectivity index (χ3v) is 6.71. The van der Waals surface area contributed by atoms with Gasteiger partial charge in [0, 0.05) is 18.4 Å². The van der Waals surface area contributed by atoms with Crippen molar-refractivity contribution in [2.75, 3.05) is 17.7 Å². The Labute approximate surface area is 185 Å². The van der Waals surface area contributed by atoms with Gasteiger partial charge in [0.05, 0.1) is 22.2 Å². The number of thioether (sulfide) groups is 1. The molecule has 30 heavy (non-hydrogen) atoms. The van der Waals surface area contributed by atoms with Crippen LogP contribution in [0.2, 0.25) is 5.02 Å². The van der Waals surface area contributed by atoms with Crippen LogP contribution in [-0.4, -0.2) is 38.7 Å². The van der Waals surface area contributed by atoms with Crippen LogP contribution in [0.25, 0.3) is 0 Å². The number of rotatable bonds is 10. The zero-order valence-electron chi connectivity index (χ0n) is 16.6. The Balaban J connectivity index is 2.13. The van der Waals surface area contributed by atoms with E-state index < -0.39 is 22.0 Å². The highest BCUT2D eigenvalue weighted by Gasteiger charge is 2.27. The van der Waals surface area contributed by atoms with Gasteiger partial charge in [0.15, 0.2) is 0 Å². The highest BCUT2D eigenvalue weighted by Crippen LogP contribution is 2.25. The zero-order chi connectivity index (χ0) is 22.1. The van der Waals surface area contributed by atoms with Crippen LogP contribution in [0.3, 0.4) is 0 Å². The number of hydrogen-bond acceptors (Lipinski definition) is 6. The summed E-state index contributed by atoms with van der Waals surface area (Å²) in [7, 11) is -4.05. The van der Waals surface area contributed by atoms with Crippen LogP contribution in [0.15, 0.2) is 53.4 Å². The van der Waals surface area contributed by atoms with Gasteiger partial charge >= 0.3 is 5.97 Å². The molecule has 0 heterocycles. The van der Waals surface area contributed by atoms with Crippen molar-refractivity contribution >= 4 is 50.9 Å². The molecule has 0 spiro atoms. The first kappa shape index (κ1) is 24.2. The Bertz CT molecular complexity index is 984. The topological polar surface area (TPSA) is 102 Å². The molecule has 0 aliphatic carbocycles. The van der Waals surface area contributed by atoms with E-state index in [1.807, 2.05) is 30.3 Å². The van der Waals surface area contributed by atoms with Gasteiger partial charge in [-0.1, -0.05) is 41.9 Å². The Morgan fingerprint density at radius 2 is 1.87 bits per heavy atom. The number of sulfonamides is 1. The van der Waals surface area contributed by atoms with Crippen molar-refractivity contribution < 1.29 is 22.7 Å². The third kappa shape index (κ3) is 7.32. The smallest absolute Gasteiger partial charge is 0.325 e. The molecule has 0 unspecified atom stereocenters. The lowest BCUT2D eigenvalue weighted by atomic mass is 10.2. The number of hydrogen-bond donors (Lipinski definition) is 2. The molecule has 1 amide bonds. The van der Waals surface area contributed by atoms with Crippen molar-refractivity contribution in [2.45, 2.75) is 30.5 Å². The summed E-state index contributed by atoms with van der Waals surface area (Å²) in [5.41, 5.74) is 1.36. The van der Waals surface area contributed by atoms with Crippen LogP contribution in [0.1, 0.15) is 19.4 Å². The number of amides is 1.